The van der Waals surface area contributed by atoms with Gasteiger partial charge in [0.25, 0.3) is 5.91 Å². The molecule has 3 aliphatic rings. The monoisotopic (exact) mass is 668 g/mol. The van der Waals surface area contributed by atoms with Crippen LogP contribution in [-0.2, 0) is 29.2 Å². The highest BCUT2D eigenvalue weighted by Crippen LogP contribution is 2.40. The topological polar surface area (TPSA) is 174 Å². The van der Waals surface area contributed by atoms with Crippen molar-refractivity contribution in [3.8, 4) is 0 Å². The number of urea groups is 1. The van der Waals surface area contributed by atoms with Gasteiger partial charge in [-0.05, 0) is 55.8 Å². The lowest BCUT2D eigenvalue weighted by Gasteiger charge is -2.43. The van der Waals surface area contributed by atoms with Crippen LogP contribution in [0, 0.1) is 10.8 Å². The van der Waals surface area contributed by atoms with Crippen molar-refractivity contribution in [3.63, 3.8) is 0 Å². The summed E-state index contributed by atoms with van der Waals surface area (Å²) in [6.45, 7) is 9.94. The molecule has 13 nitrogen and oxygen atoms in total. The van der Waals surface area contributed by atoms with Gasteiger partial charge in [-0.2, -0.15) is 0 Å². The number of hydrogen-bond acceptors (Lipinski definition) is 7. The van der Waals surface area contributed by atoms with Crippen LogP contribution < -0.4 is 21.3 Å². The van der Waals surface area contributed by atoms with Crippen molar-refractivity contribution in [3.05, 3.63) is 0 Å². The number of nitrogens with one attached hydrogen (secondary N) is 4. The number of amides is 5. The van der Waals surface area contributed by atoms with Crippen LogP contribution in [0.4, 0.5) is 4.79 Å². The molecule has 2 saturated carbocycles. The van der Waals surface area contributed by atoms with Gasteiger partial charge < -0.3 is 26.2 Å². The second kappa shape index (κ2) is 15.4. The highest BCUT2D eigenvalue weighted by atomic mass is 32.2. The standard InChI is InChI=1S/C32H56N6O7S/c1-8-13-22(25(39)28(41)33-21-15-16-21)34-27(40)23-14-12-19-38(23)29(42)26(32(5)17-10-9-11-18-32)36-30(43)35-24(31(2,3)4)20-37(6)46(7,44)45/h21-24,26H,8-20H2,1-7H3,(H,33,41)(H,34,40)(H2,35,36,43)/t22?,23-,24+,26+/m0/s1. The van der Waals surface area contributed by atoms with Crippen LogP contribution in [0.3, 0.4) is 0 Å². The Kier molecular flexibility index (Phi) is 12.7. The molecule has 0 aromatic heterocycles. The van der Waals surface area contributed by atoms with E-state index in [0.29, 0.717) is 32.2 Å². The molecular formula is C32H56N6O7S. The van der Waals surface area contributed by atoms with E-state index in [1.54, 1.807) is 0 Å². The van der Waals surface area contributed by atoms with E-state index in [-0.39, 0.29) is 18.5 Å². The van der Waals surface area contributed by atoms with Crippen LogP contribution in [-0.4, -0.2) is 104 Å². The minimum absolute atomic E-state index is 0.0134. The maximum atomic E-state index is 14.4. The van der Waals surface area contributed by atoms with Crippen LogP contribution in [0.15, 0.2) is 0 Å². The normalized spacial score (nSPS) is 22.0. The second-order valence-electron chi connectivity index (χ2n) is 14.9. The van der Waals surface area contributed by atoms with E-state index in [1.165, 1.54) is 16.3 Å². The Hall–Kier alpha value is -2.74. The van der Waals surface area contributed by atoms with Crippen molar-refractivity contribution in [2.45, 2.75) is 135 Å². The number of nitrogens with zero attached hydrogens (tertiary/aromatic N) is 2. The summed E-state index contributed by atoms with van der Waals surface area (Å²) in [6.07, 6.45) is 8.92. The minimum Gasteiger partial charge on any atom is -0.347 e. The van der Waals surface area contributed by atoms with Gasteiger partial charge in [-0.15, -0.1) is 0 Å². The summed E-state index contributed by atoms with van der Waals surface area (Å²) < 4.78 is 25.4. The molecule has 5 amide bonds. The number of ketones is 1. The predicted octanol–water partition coefficient (Wildman–Crippen LogP) is 2.05. The third kappa shape index (κ3) is 10.1. The molecule has 262 valence electrons. The Bertz CT molecular complexity index is 1240. The van der Waals surface area contributed by atoms with E-state index in [9.17, 15) is 32.4 Å². The van der Waals surface area contributed by atoms with E-state index in [4.69, 9.17) is 0 Å². The zero-order valence-corrected chi connectivity index (χ0v) is 29.6. The molecule has 4 N–H and O–H groups in total. The van der Waals surface area contributed by atoms with Gasteiger partial charge in [0.05, 0.1) is 12.3 Å². The Morgan fingerprint density at radius 2 is 1.59 bits per heavy atom. The first-order valence-electron chi connectivity index (χ1n) is 16.8. The molecule has 1 heterocycles. The predicted molar refractivity (Wildman–Crippen MR) is 175 cm³/mol. The van der Waals surface area contributed by atoms with E-state index < -0.39 is 68.6 Å². The molecule has 3 fully saturated rings. The van der Waals surface area contributed by atoms with Gasteiger partial charge in [0.2, 0.25) is 27.6 Å². The molecule has 0 bridgehead atoms. The molecule has 14 heteroatoms. The average Bonchev–Trinajstić information content (AvgIpc) is 3.64. The Morgan fingerprint density at radius 3 is 2.13 bits per heavy atom. The molecule has 1 unspecified atom stereocenters. The smallest absolute Gasteiger partial charge is 0.315 e. The SMILES string of the molecule is CCCC(NC(=O)[C@@H]1CCCN1C(=O)[C@@H](NC(=O)N[C@H](CN(C)S(C)(=O)=O)C(C)(C)C)C1(C)CCCCC1)C(=O)C(=O)NC1CC1. The van der Waals surface area contributed by atoms with Crippen LogP contribution in [0.1, 0.15) is 105 Å². The van der Waals surface area contributed by atoms with Gasteiger partial charge in [-0.1, -0.05) is 60.3 Å². The van der Waals surface area contributed by atoms with Crippen molar-refractivity contribution in [2.75, 3.05) is 26.4 Å². The second-order valence-corrected chi connectivity index (χ2v) is 17.0. The number of carbonyl (C=O) groups is 5. The van der Waals surface area contributed by atoms with Crippen molar-refractivity contribution in [1.29, 1.82) is 0 Å². The lowest BCUT2D eigenvalue weighted by atomic mass is 9.70. The maximum Gasteiger partial charge on any atom is 0.315 e. The first-order chi connectivity index (χ1) is 21.4. The zero-order valence-electron chi connectivity index (χ0n) is 28.7. The van der Waals surface area contributed by atoms with Crippen LogP contribution in [0.25, 0.3) is 0 Å². The minimum atomic E-state index is -3.49. The fourth-order valence-electron chi connectivity index (χ4n) is 6.38. The summed E-state index contributed by atoms with van der Waals surface area (Å²) in [5, 5.41) is 11.3. The van der Waals surface area contributed by atoms with Gasteiger partial charge in [0.15, 0.2) is 0 Å². The molecule has 0 radical (unpaired) electrons. The van der Waals surface area contributed by atoms with Gasteiger partial charge in [-0.3, -0.25) is 19.2 Å². The molecule has 1 aliphatic heterocycles. The van der Waals surface area contributed by atoms with Crippen molar-refractivity contribution < 1.29 is 32.4 Å². The van der Waals surface area contributed by atoms with Crippen molar-refractivity contribution in [2.24, 2.45) is 10.8 Å². The summed E-state index contributed by atoms with van der Waals surface area (Å²) in [7, 11) is -2.03. The lowest BCUT2D eigenvalue weighted by Crippen LogP contribution is -2.63. The maximum absolute atomic E-state index is 14.4. The van der Waals surface area contributed by atoms with Gasteiger partial charge >= 0.3 is 6.03 Å². The summed E-state index contributed by atoms with van der Waals surface area (Å²) in [4.78, 5) is 68.5. The fraction of sp³-hybridized carbons (Fsp3) is 0.844. The van der Waals surface area contributed by atoms with Crippen molar-refractivity contribution in [1.82, 2.24) is 30.5 Å². The number of hydrogen-bond donors (Lipinski definition) is 4. The molecule has 4 atom stereocenters. The zero-order chi connectivity index (χ0) is 34.4. The summed E-state index contributed by atoms with van der Waals surface area (Å²) >= 11 is 0. The Morgan fingerprint density at radius 1 is 0.957 bits per heavy atom. The van der Waals surface area contributed by atoms with Crippen LogP contribution in [0.2, 0.25) is 0 Å². The molecular weight excluding hydrogens is 612 g/mol. The number of carbonyl (C=O) groups excluding carboxylic acids is 5. The van der Waals surface area contributed by atoms with Crippen molar-refractivity contribution >= 4 is 39.6 Å². The third-order valence-electron chi connectivity index (χ3n) is 9.76. The highest BCUT2D eigenvalue weighted by Gasteiger charge is 2.47. The third-order valence-corrected chi connectivity index (χ3v) is 11.0. The summed E-state index contributed by atoms with van der Waals surface area (Å²) in [5.41, 5.74) is -1.05. The molecule has 0 spiro atoms. The molecule has 46 heavy (non-hydrogen) atoms. The van der Waals surface area contributed by atoms with E-state index >= 15 is 0 Å². The molecule has 2 aliphatic carbocycles. The Balaban J connectivity index is 1.80. The van der Waals surface area contributed by atoms with E-state index in [1.807, 2.05) is 34.6 Å². The number of sulfonamides is 1. The number of Topliss-reactive ketones (excluding diaryl/α,β-unsaturated/α-hetero) is 1. The number of likely N-dealkylation sites (tertiary alicyclic amines) is 1. The summed E-state index contributed by atoms with van der Waals surface area (Å²) in [6, 6.07) is -3.87. The largest absolute Gasteiger partial charge is 0.347 e. The van der Waals surface area contributed by atoms with E-state index in [0.717, 1.165) is 51.2 Å². The number of likely N-dealkylation sites (N-methyl/N-ethyl adjacent to an activating group) is 1. The highest BCUT2D eigenvalue weighted by molar-refractivity contribution is 7.88. The molecule has 0 aromatic rings. The summed E-state index contributed by atoms with van der Waals surface area (Å²) in [5.74, 6) is -2.22. The van der Waals surface area contributed by atoms with Crippen LogP contribution >= 0.6 is 0 Å². The quantitative estimate of drug-likeness (QED) is 0.205. The van der Waals surface area contributed by atoms with E-state index in [2.05, 4.69) is 21.3 Å². The molecule has 1 saturated heterocycles. The van der Waals surface area contributed by atoms with Gasteiger partial charge in [-0.25, -0.2) is 17.5 Å². The van der Waals surface area contributed by atoms with Gasteiger partial charge in [0.1, 0.15) is 12.1 Å². The first-order valence-corrected chi connectivity index (χ1v) is 18.7. The number of rotatable bonds is 14. The van der Waals surface area contributed by atoms with Crippen LogP contribution in [0.5, 0.6) is 0 Å². The fourth-order valence-corrected chi connectivity index (χ4v) is 6.80. The average molecular weight is 669 g/mol. The molecule has 0 aromatic carbocycles. The van der Waals surface area contributed by atoms with Gasteiger partial charge in [0, 0.05) is 32.2 Å². The molecule has 3 rings (SSSR count). The Labute approximate surface area is 274 Å². The lowest BCUT2D eigenvalue weighted by molar-refractivity contribution is -0.144. The first kappa shape index (κ1) is 37.7.